The van der Waals surface area contributed by atoms with E-state index in [1.54, 1.807) is 48.5 Å². The first-order valence-corrected chi connectivity index (χ1v) is 21.6. The highest BCUT2D eigenvalue weighted by Gasteiger charge is 2.50. The molecule has 0 unspecified atom stereocenters. The summed E-state index contributed by atoms with van der Waals surface area (Å²) in [5.74, 6) is -3.74. The van der Waals surface area contributed by atoms with Crippen molar-refractivity contribution < 1.29 is 70.8 Å². The lowest BCUT2D eigenvalue weighted by molar-refractivity contribution is -0.192. The number of amides is 2. The highest BCUT2D eigenvalue weighted by Crippen LogP contribution is 2.44. The second-order valence-electron chi connectivity index (χ2n) is 16.3. The number of benzene rings is 2. The van der Waals surface area contributed by atoms with Crippen molar-refractivity contribution in [2.24, 2.45) is 23.3 Å². The van der Waals surface area contributed by atoms with Gasteiger partial charge < -0.3 is 35.5 Å². The zero-order valence-corrected chi connectivity index (χ0v) is 40.0. The Hall–Kier alpha value is -4.69. The number of hydrogen-bond acceptors (Lipinski definition) is 13. The van der Waals surface area contributed by atoms with Gasteiger partial charge in [0.1, 0.15) is 23.2 Å². The van der Waals surface area contributed by atoms with Gasteiger partial charge in [-0.2, -0.15) is 13.2 Å². The summed E-state index contributed by atoms with van der Waals surface area (Å²) in [7, 11) is 3.00. The number of hydrogen-bond donors (Lipinski definition) is 3. The Morgan fingerprint density at radius 1 is 0.667 bits per heavy atom. The van der Waals surface area contributed by atoms with Crippen LogP contribution in [-0.4, -0.2) is 103 Å². The van der Waals surface area contributed by atoms with Crippen LogP contribution in [0.2, 0.25) is 10.0 Å². The van der Waals surface area contributed by atoms with Crippen molar-refractivity contribution in [1.82, 2.24) is 9.80 Å². The van der Waals surface area contributed by atoms with Crippen molar-refractivity contribution in [2.45, 2.75) is 121 Å². The van der Waals surface area contributed by atoms with Gasteiger partial charge in [0.25, 0.3) is 0 Å². The van der Waals surface area contributed by atoms with E-state index >= 15 is 0 Å². The van der Waals surface area contributed by atoms with Crippen molar-refractivity contribution in [3.63, 3.8) is 0 Å². The van der Waals surface area contributed by atoms with Gasteiger partial charge in [0, 0.05) is 48.1 Å². The average molecular weight is 1000 g/mol. The maximum atomic E-state index is 13.0. The molecular weight excluding hydrogens is 940 g/mol. The Balaban J connectivity index is 0.000000569. The maximum Gasteiger partial charge on any atom is 0.490 e. The predicted molar refractivity (Wildman–Crippen MR) is 239 cm³/mol. The Kier molecular flexibility index (Phi) is 24.5. The number of carbonyl (C=O) groups excluding carboxylic acids is 6. The second kappa shape index (κ2) is 27.2. The Bertz CT molecular complexity index is 1850. The van der Waals surface area contributed by atoms with Crippen molar-refractivity contribution in [2.75, 3.05) is 27.7 Å². The van der Waals surface area contributed by atoms with Crippen LogP contribution in [0.1, 0.15) is 103 Å². The summed E-state index contributed by atoms with van der Waals surface area (Å²) in [5.41, 5.74) is 10.3. The number of ketones is 2. The van der Waals surface area contributed by atoms with E-state index in [2.05, 4.69) is 0 Å². The lowest BCUT2D eigenvalue weighted by Crippen LogP contribution is -2.54. The molecule has 0 aromatic heterocycles. The molecule has 0 heterocycles. The second-order valence-corrected chi connectivity index (χ2v) is 17.1. The molecule has 5 N–H and O–H groups in total. The van der Waals surface area contributed by atoms with Gasteiger partial charge in [0.15, 0.2) is 11.6 Å². The quantitative estimate of drug-likeness (QED) is 0.119. The smallest absolute Gasteiger partial charge is 0.475 e. The van der Waals surface area contributed by atoms with E-state index in [-0.39, 0.29) is 35.8 Å². The molecule has 0 saturated heterocycles. The average Bonchev–Trinajstić information content (AvgIpc) is 3.23. The number of halogens is 6. The van der Waals surface area contributed by atoms with Crippen molar-refractivity contribution in [1.29, 1.82) is 0 Å². The Labute approximate surface area is 398 Å². The minimum Gasteiger partial charge on any atom is -0.475 e. The number of nitrogens with zero attached hydrogens (tertiary/aromatic N) is 2. The molecule has 2 amide bonds. The van der Waals surface area contributed by atoms with Crippen LogP contribution in [0.4, 0.5) is 22.8 Å². The molecule has 0 radical (unpaired) electrons. The first-order chi connectivity index (χ1) is 30.3. The van der Waals surface area contributed by atoms with Crippen LogP contribution in [0.25, 0.3) is 0 Å². The summed E-state index contributed by atoms with van der Waals surface area (Å²) in [6.07, 6.45) is -1.03. The first-order valence-electron chi connectivity index (χ1n) is 20.9. The highest BCUT2D eigenvalue weighted by molar-refractivity contribution is 6.32. The number of aliphatic carboxylic acids is 1. The summed E-state index contributed by atoms with van der Waals surface area (Å²) in [6.45, 7) is 6.63. The third kappa shape index (κ3) is 16.3. The van der Waals surface area contributed by atoms with Gasteiger partial charge in [-0.05, 0) is 75.3 Å². The minimum atomic E-state index is -5.08. The third-order valence-corrected chi connectivity index (χ3v) is 11.4. The topological polar surface area (TPSA) is 235 Å². The van der Waals surface area contributed by atoms with Crippen LogP contribution in [-0.2, 0) is 54.0 Å². The molecule has 66 heavy (non-hydrogen) atoms. The number of esters is 2. The molecule has 2 aliphatic rings. The van der Waals surface area contributed by atoms with Gasteiger partial charge in [-0.15, -0.1) is 12.4 Å². The molecule has 4 atom stereocenters. The summed E-state index contributed by atoms with van der Waals surface area (Å²) in [6, 6.07) is 12.4. The van der Waals surface area contributed by atoms with Crippen molar-refractivity contribution >= 4 is 77.3 Å². The van der Waals surface area contributed by atoms with Crippen molar-refractivity contribution in [3.8, 4) is 0 Å². The third-order valence-electron chi connectivity index (χ3n) is 10.7. The number of nitrogens with two attached hydrogens (primary N) is 2. The molecule has 370 valence electrons. The van der Waals surface area contributed by atoms with E-state index in [0.717, 1.165) is 25.7 Å². The normalized spacial score (nSPS) is 19.0. The van der Waals surface area contributed by atoms with Crippen LogP contribution < -0.4 is 11.5 Å². The summed E-state index contributed by atoms with van der Waals surface area (Å²) in [5, 5.41) is 7.95. The molecule has 0 bridgehead atoms. The summed E-state index contributed by atoms with van der Waals surface area (Å²) >= 11 is 12.7. The molecule has 0 spiro atoms. The predicted octanol–water partition coefficient (Wildman–Crippen LogP) is 8.30. The summed E-state index contributed by atoms with van der Waals surface area (Å²) < 4.78 is 51.9. The molecule has 16 nitrogen and oxygen atoms in total. The largest absolute Gasteiger partial charge is 0.490 e. The maximum absolute atomic E-state index is 13.0. The fourth-order valence-corrected chi connectivity index (χ4v) is 8.05. The van der Waals surface area contributed by atoms with Gasteiger partial charge in [-0.3, -0.25) is 29.0 Å². The molecule has 2 saturated carbocycles. The van der Waals surface area contributed by atoms with Crippen LogP contribution in [0, 0.1) is 11.8 Å². The number of rotatable bonds is 14. The minimum absolute atomic E-state index is 0. The van der Waals surface area contributed by atoms with Gasteiger partial charge in [0.05, 0.1) is 0 Å². The van der Waals surface area contributed by atoms with Crippen LogP contribution in [0.15, 0.2) is 48.5 Å². The van der Waals surface area contributed by atoms with E-state index in [1.807, 2.05) is 27.7 Å². The van der Waals surface area contributed by atoms with Gasteiger partial charge >= 0.3 is 36.3 Å². The molecular formula is C44H60Cl3F3N4O12. The fourth-order valence-electron chi connectivity index (χ4n) is 7.46. The van der Waals surface area contributed by atoms with Gasteiger partial charge in [-0.1, -0.05) is 87.3 Å². The lowest BCUT2D eigenvalue weighted by atomic mass is 9.74. The lowest BCUT2D eigenvalue weighted by Gasteiger charge is -2.43. The zero-order valence-electron chi connectivity index (χ0n) is 37.7. The Morgan fingerprint density at radius 2 is 0.985 bits per heavy atom. The number of Topliss-reactive ketones (excluding diaryl/α,β-unsaturated/α-hetero) is 2. The van der Waals surface area contributed by atoms with E-state index in [9.17, 15) is 41.9 Å². The SMILES string of the molecule is CC(C)C[C@H](N)C(=O)OCOC(=O)N(C)[C@]1(c2ccccc2Cl)CCCCC1=O.CC(C)C[C@H](N)C(=O)OCOC(=O)N(C)[C@]1(c2ccccc2Cl)CCCCC1=O.Cl.O=C(O)C(F)(F)F. The van der Waals surface area contributed by atoms with Gasteiger partial charge in [-0.25, -0.2) is 14.4 Å². The summed E-state index contributed by atoms with van der Waals surface area (Å²) in [4.78, 5) is 86.5. The number of likely N-dealkylation sites (N-methyl/N-ethyl adjacent to an activating group) is 2. The number of carboxylic acid groups (broad SMARTS) is 1. The molecule has 0 aliphatic heterocycles. The van der Waals surface area contributed by atoms with E-state index < -0.39 is 73.0 Å². The number of carboxylic acids is 1. The standard InChI is InChI=1S/2C21H29ClN2O5.C2HF3O2.ClH/c2*1-14(2)12-17(23)19(26)28-13-29-20(27)24(3)21(11-7-6-10-18(21)25)15-8-4-5-9-16(15)22;3-2(4,5)1(6)7;/h2*4-5,8-9,14,17H,6-7,10-13,23H2,1-3H3;(H,6,7);1H/t2*17-,21-;;/m00../s1. The van der Waals surface area contributed by atoms with E-state index in [1.165, 1.54) is 23.9 Å². The molecule has 2 fully saturated rings. The molecule has 2 aliphatic carbocycles. The molecule has 22 heteroatoms. The molecule has 2 aromatic rings. The van der Waals surface area contributed by atoms with Crippen LogP contribution >= 0.6 is 35.6 Å². The molecule has 4 rings (SSSR count). The highest BCUT2D eigenvalue weighted by atomic mass is 35.5. The number of ether oxygens (including phenoxy) is 4. The number of alkyl halides is 3. The van der Waals surface area contributed by atoms with Crippen molar-refractivity contribution in [3.05, 3.63) is 69.7 Å². The Morgan fingerprint density at radius 3 is 1.26 bits per heavy atom. The molecule has 2 aromatic carbocycles. The van der Waals surface area contributed by atoms with E-state index in [0.29, 0.717) is 59.7 Å². The monoisotopic (exact) mass is 998 g/mol. The zero-order chi connectivity index (χ0) is 49.3. The van der Waals surface area contributed by atoms with Gasteiger partial charge in [0.2, 0.25) is 13.6 Å². The number of carbonyl (C=O) groups is 7. The fraction of sp³-hybridized carbons (Fsp3) is 0.568. The first kappa shape index (κ1) is 59.3. The van der Waals surface area contributed by atoms with Crippen LogP contribution in [0.5, 0.6) is 0 Å². The van der Waals surface area contributed by atoms with Crippen LogP contribution in [0.3, 0.4) is 0 Å². The van der Waals surface area contributed by atoms with E-state index in [4.69, 9.17) is 63.5 Å².